The summed E-state index contributed by atoms with van der Waals surface area (Å²) in [6.45, 7) is 2.83. The minimum absolute atomic E-state index is 0.808. The van der Waals surface area contributed by atoms with Gasteiger partial charge >= 0.3 is 0 Å². The highest BCUT2D eigenvalue weighted by atomic mass is 79.9. The molecule has 0 atom stereocenters. The van der Waals surface area contributed by atoms with Gasteiger partial charge in [-0.05, 0) is 25.1 Å². The molecule has 5 heteroatoms. The molecule has 2 rings (SSSR count). The van der Waals surface area contributed by atoms with Gasteiger partial charge in [0.2, 0.25) is 0 Å². The van der Waals surface area contributed by atoms with Crippen LogP contribution in [0.4, 0.5) is 11.4 Å². The molecule has 0 spiro atoms. The van der Waals surface area contributed by atoms with E-state index in [1.165, 1.54) is 10.6 Å². The van der Waals surface area contributed by atoms with Crippen LogP contribution in [0.25, 0.3) is 0 Å². The van der Waals surface area contributed by atoms with E-state index in [0.717, 1.165) is 21.7 Å². The number of hydrogen-bond donors (Lipinski definition) is 1. The largest absolute Gasteiger partial charge is 0.378 e. The molecule has 0 saturated heterocycles. The van der Waals surface area contributed by atoms with Crippen molar-refractivity contribution in [1.29, 1.82) is 0 Å². The van der Waals surface area contributed by atoms with Crippen molar-refractivity contribution in [2.45, 2.75) is 13.5 Å². The summed E-state index contributed by atoms with van der Waals surface area (Å²) in [6, 6.07) is 6.25. The topological polar surface area (TPSA) is 28.2 Å². The molecule has 2 aromatic rings. The number of aryl methyl sites for hydroxylation is 1. The van der Waals surface area contributed by atoms with Crippen molar-refractivity contribution < 1.29 is 0 Å². The van der Waals surface area contributed by atoms with Crippen LogP contribution in [0.2, 0.25) is 0 Å². The summed E-state index contributed by atoms with van der Waals surface area (Å²) in [5.74, 6) is 0. The highest BCUT2D eigenvalue weighted by Crippen LogP contribution is 2.28. The molecule has 0 unspecified atom stereocenters. The zero-order valence-corrected chi connectivity index (χ0v) is 13.1. The maximum absolute atomic E-state index is 4.26. The fourth-order valence-electron chi connectivity index (χ4n) is 1.71. The fourth-order valence-corrected chi connectivity index (χ4v) is 2.80. The maximum atomic E-state index is 4.26. The lowest BCUT2D eigenvalue weighted by Crippen LogP contribution is -2.12. The molecule has 18 heavy (non-hydrogen) atoms. The molecule has 0 saturated carbocycles. The van der Waals surface area contributed by atoms with E-state index < -0.39 is 0 Å². The second kappa shape index (κ2) is 5.71. The summed E-state index contributed by atoms with van der Waals surface area (Å²) in [4.78, 5) is 7.61. The van der Waals surface area contributed by atoms with Crippen LogP contribution >= 0.6 is 27.3 Å². The molecular formula is C13H16BrN3S. The van der Waals surface area contributed by atoms with Gasteiger partial charge in [0, 0.05) is 29.6 Å². The van der Waals surface area contributed by atoms with E-state index in [9.17, 15) is 0 Å². The zero-order valence-electron chi connectivity index (χ0n) is 10.7. The van der Waals surface area contributed by atoms with Gasteiger partial charge in [0.25, 0.3) is 0 Å². The van der Waals surface area contributed by atoms with Crippen LogP contribution in [0.5, 0.6) is 0 Å². The third-order valence-electron chi connectivity index (χ3n) is 2.56. The highest BCUT2D eigenvalue weighted by molar-refractivity contribution is 9.10. The first kappa shape index (κ1) is 13.4. The lowest BCUT2D eigenvalue weighted by atomic mass is 10.2. The lowest BCUT2D eigenvalue weighted by molar-refractivity contribution is 1.11. The average Bonchev–Trinajstić information content (AvgIpc) is 2.72. The molecule has 96 valence electrons. The summed E-state index contributed by atoms with van der Waals surface area (Å²) < 4.78 is 1.08. The number of rotatable bonds is 4. The number of anilines is 2. The molecule has 1 N–H and O–H groups in total. The Morgan fingerprint density at radius 1 is 1.39 bits per heavy atom. The van der Waals surface area contributed by atoms with Gasteiger partial charge in [0.05, 0.1) is 22.9 Å². The van der Waals surface area contributed by atoms with Crippen molar-refractivity contribution in [3.05, 3.63) is 38.8 Å². The molecular weight excluding hydrogens is 310 g/mol. The second-order valence-electron chi connectivity index (χ2n) is 4.26. The maximum Gasteiger partial charge on any atom is 0.0897 e. The Bertz CT molecular complexity index is 537. The number of nitrogens with zero attached hydrogens (tertiary/aromatic N) is 2. The van der Waals surface area contributed by atoms with Crippen molar-refractivity contribution in [3.8, 4) is 0 Å². The molecule has 1 aromatic carbocycles. The van der Waals surface area contributed by atoms with Gasteiger partial charge in [-0.25, -0.2) is 4.98 Å². The number of benzene rings is 1. The van der Waals surface area contributed by atoms with Crippen LogP contribution in [0.1, 0.15) is 9.88 Å². The first-order chi connectivity index (χ1) is 8.56. The van der Waals surface area contributed by atoms with Crippen molar-refractivity contribution in [2.24, 2.45) is 0 Å². The minimum atomic E-state index is 0.808. The van der Waals surface area contributed by atoms with Gasteiger partial charge in [0.1, 0.15) is 0 Å². The zero-order chi connectivity index (χ0) is 13.1. The predicted octanol–water partition coefficient (Wildman–Crippen LogP) is 3.89. The molecule has 0 amide bonds. The summed E-state index contributed by atoms with van der Waals surface area (Å²) in [7, 11) is 4.09. The fraction of sp³-hybridized carbons (Fsp3) is 0.308. The summed E-state index contributed by atoms with van der Waals surface area (Å²) in [5.41, 5.74) is 2.31. The number of halogens is 1. The monoisotopic (exact) mass is 325 g/mol. The van der Waals surface area contributed by atoms with Crippen molar-refractivity contribution in [3.63, 3.8) is 0 Å². The third kappa shape index (κ3) is 3.23. The Morgan fingerprint density at radius 3 is 2.78 bits per heavy atom. The summed E-state index contributed by atoms with van der Waals surface area (Å²) >= 11 is 5.23. The molecule has 3 nitrogen and oxygen atoms in total. The second-order valence-corrected chi connectivity index (χ2v) is 6.49. The van der Waals surface area contributed by atoms with E-state index in [4.69, 9.17) is 0 Å². The van der Waals surface area contributed by atoms with Gasteiger partial charge in [0.15, 0.2) is 0 Å². The molecule has 0 aliphatic carbocycles. The van der Waals surface area contributed by atoms with E-state index >= 15 is 0 Å². The van der Waals surface area contributed by atoms with Gasteiger partial charge in [-0.15, -0.1) is 11.3 Å². The smallest absolute Gasteiger partial charge is 0.0897 e. The van der Waals surface area contributed by atoms with Crippen LogP contribution in [0, 0.1) is 6.92 Å². The SMILES string of the molecule is Cc1ncc(CNc2cc(Br)ccc2N(C)C)s1. The first-order valence-corrected chi connectivity index (χ1v) is 7.29. The standard InChI is InChI=1S/C13H16BrN3S/c1-9-15-7-11(18-9)8-16-12-6-10(14)4-5-13(12)17(2)3/h4-7,16H,8H2,1-3H3. The van der Waals surface area contributed by atoms with E-state index in [0.29, 0.717) is 0 Å². The molecule has 0 radical (unpaired) electrons. The quantitative estimate of drug-likeness (QED) is 0.924. The molecule has 0 bridgehead atoms. The highest BCUT2D eigenvalue weighted by Gasteiger charge is 2.06. The van der Waals surface area contributed by atoms with Crippen molar-refractivity contribution in [1.82, 2.24) is 4.98 Å². The molecule has 1 aromatic heterocycles. The number of hydrogen-bond acceptors (Lipinski definition) is 4. The van der Waals surface area contributed by atoms with Gasteiger partial charge in [-0.2, -0.15) is 0 Å². The molecule has 0 aliphatic heterocycles. The Labute approximate surface area is 120 Å². The Morgan fingerprint density at radius 2 is 2.17 bits per heavy atom. The molecule has 0 aliphatic rings. The number of nitrogens with one attached hydrogen (secondary N) is 1. The normalized spacial score (nSPS) is 10.4. The van der Waals surface area contributed by atoms with Crippen LogP contribution in [0.15, 0.2) is 28.9 Å². The van der Waals surface area contributed by atoms with E-state index in [2.05, 4.69) is 49.3 Å². The Balaban J connectivity index is 2.15. The van der Waals surface area contributed by atoms with E-state index in [-0.39, 0.29) is 0 Å². The van der Waals surface area contributed by atoms with Crippen molar-refractivity contribution in [2.75, 3.05) is 24.3 Å². The van der Waals surface area contributed by atoms with Crippen LogP contribution in [-0.2, 0) is 6.54 Å². The summed E-state index contributed by atoms with van der Waals surface area (Å²) in [5, 5.41) is 4.57. The Kier molecular flexibility index (Phi) is 4.24. The van der Waals surface area contributed by atoms with Crippen LogP contribution < -0.4 is 10.2 Å². The van der Waals surface area contributed by atoms with E-state index in [1.807, 2.05) is 27.2 Å². The van der Waals surface area contributed by atoms with E-state index in [1.54, 1.807) is 11.3 Å². The third-order valence-corrected chi connectivity index (χ3v) is 3.97. The van der Waals surface area contributed by atoms with Crippen LogP contribution in [-0.4, -0.2) is 19.1 Å². The average molecular weight is 326 g/mol. The van der Waals surface area contributed by atoms with Gasteiger partial charge in [-0.3, -0.25) is 0 Å². The van der Waals surface area contributed by atoms with Gasteiger partial charge < -0.3 is 10.2 Å². The molecule has 0 fully saturated rings. The van der Waals surface area contributed by atoms with Crippen molar-refractivity contribution >= 4 is 38.6 Å². The molecule has 1 heterocycles. The summed E-state index contributed by atoms with van der Waals surface area (Å²) in [6.07, 6.45) is 1.93. The predicted molar refractivity (Wildman–Crippen MR) is 82.6 cm³/mol. The Hall–Kier alpha value is -1.07. The number of aromatic nitrogens is 1. The number of thiazole rings is 1. The first-order valence-electron chi connectivity index (χ1n) is 5.68. The lowest BCUT2D eigenvalue weighted by Gasteiger charge is -2.18. The van der Waals surface area contributed by atoms with Crippen LogP contribution in [0.3, 0.4) is 0 Å². The van der Waals surface area contributed by atoms with Gasteiger partial charge in [-0.1, -0.05) is 15.9 Å². The minimum Gasteiger partial charge on any atom is -0.378 e.